The van der Waals surface area contributed by atoms with Crippen LogP contribution in [-0.2, 0) is 6.54 Å². The molecule has 1 aromatic carbocycles. The van der Waals surface area contributed by atoms with Crippen LogP contribution in [0.15, 0.2) is 42.7 Å². The van der Waals surface area contributed by atoms with Crippen molar-refractivity contribution in [2.75, 3.05) is 11.9 Å². The van der Waals surface area contributed by atoms with Gasteiger partial charge in [-0.25, -0.2) is 4.98 Å². The summed E-state index contributed by atoms with van der Waals surface area (Å²) in [4.78, 5) is 7.70. The molecule has 2 aromatic heterocycles. The van der Waals surface area contributed by atoms with E-state index in [4.69, 9.17) is 0 Å². The topological polar surface area (TPSA) is 58.5 Å². The molecule has 3 rings (SSSR count). The summed E-state index contributed by atoms with van der Waals surface area (Å²) in [5.41, 5.74) is 2.05. The van der Waals surface area contributed by atoms with Crippen LogP contribution in [0.2, 0.25) is 0 Å². The van der Waals surface area contributed by atoms with Crippen LogP contribution in [0.4, 0.5) is 5.95 Å². The Bertz CT molecular complexity index is 578. The lowest BCUT2D eigenvalue weighted by Gasteiger charge is -2.02. The number of nitrogens with zero attached hydrogens (tertiary/aromatic N) is 3. The average Bonchev–Trinajstić information content (AvgIpc) is 3.03. The highest BCUT2D eigenvalue weighted by molar-refractivity contribution is 5.77. The van der Waals surface area contributed by atoms with Crippen LogP contribution in [-0.4, -0.2) is 26.3 Å². The first-order valence-electron chi connectivity index (χ1n) is 6.08. The molecule has 0 radical (unpaired) electrons. The van der Waals surface area contributed by atoms with Gasteiger partial charge in [0.05, 0.1) is 11.0 Å². The van der Waals surface area contributed by atoms with Crippen LogP contribution in [0.3, 0.4) is 0 Å². The van der Waals surface area contributed by atoms with Gasteiger partial charge in [0.25, 0.3) is 0 Å². The van der Waals surface area contributed by atoms with Crippen molar-refractivity contribution in [3.05, 3.63) is 42.7 Å². The minimum absolute atomic E-state index is 0.830. The summed E-state index contributed by atoms with van der Waals surface area (Å²) in [6.45, 7) is 1.79. The second-order valence-electron chi connectivity index (χ2n) is 4.15. The molecule has 0 saturated carbocycles. The van der Waals surface area contributed by atoms with Crippen molar-refractivity contribution in [1.82, 2.24) is 19.7 Å². The monoisotopic (exact) mass is 241 g/mol. The maximum absolute atomic E-state index is 4.46. The van der Waals surface area contributed by atoms with Crippen molar-refractivity contribution in [2.45, 2.75) is 13.0 Å². The Kier molecular flexibility index (Phi) is 2.96. The molecule has 92 valence electrons. The molecule has 0 spiro atoms. The molecule has 0 fully saturated rings. The predicted molar refractivity (Wildman–Crippen MR) is 71.4 cm³/mol. The molecule has 5 nitrogen and oxygen atoms in total. The Labute approximate surface area is 105 Å². The Balaban J connectivity index is 1.53. The van der Waals surface area contributed by atoms with Gasteiger partial charge in [-0.3, -0.25) is 4.68 Å². The maximum Gasteiger partial charge on any atom is 0.201 e. The lowest BCUT2D eigenvalue weighted by atomic mass is 10.3. The predicted octanol–water partition coefficient (Wildman–Crippen LogP) is 2.26. The third-order valence-electron chi connectivity index (χ3n) is 2.81. The van der Waals surface area contributed by atoms with Gasteiger partial charge in [-0.1, -0.05) is 12.1 Å². The zero-order chi connectivity index (χ0) is 12.2. The van der Waals surface area contributed by atoms with Crippen LogP contribution in [0.5, 0.6) is 0 Å². The lowest BCUT2D eigenvalue weighted by Crippen LogP contribution is -2.07. The molecule has 0 aliphatic carbocycles. The third-order valence-corrected chi connectivity index (χ3v) is 2.81. The fourth-order valence-electron chi connectivity index (χ4n) is 1.92. The van der Waals surface area contributed by atoms with Gasteiger partial charge in [0.15, 0.2) is 0 Å². The quantitative estimate of drug-likeness (QED) is 0.674. The Hall–Kier alpha value is -2.30. The maximum atomic E-state index is 4.46. The smallest absolute Gasteiger partial charge is 0.201 e. The van der Waals surface area contributed by atoms with Crippen molar-refractivity contribution in [3.8, 4) is 0 Å². The molecule has 2 N–H and O–H groups in total. The Morgan fingerprint density at radius 2 is 2.17 bits per heavy atom. The fourth-order valence-corrected chi connectivity index (χ4v) is 1.92. The van der Waals surface area contributed by atoms with Gasteiger partial charge < -0.3 is 10.3 Å². The SMILES string of the molecule is c1ccc2[nH]c(NCCCn3cccn3)nc2c1. The first kappa shape index (κ1) is 10.8. The van der Waals surface area contributed by atoms with Gasteiger partial charge in [0, 0.05) is 25.5 Å². The number of imidazole rings is 1. The van der Waals surface area contributed by atoms with Gasteiger partial charge in [0.2, 0.25) is 5.95 Å². The largest absolute Gasteiger partial charge is 0.356 e. The van der Waals surface area contributed by atoms with Gasteiger partial charge in [-0.05, 0) is 24.6 Å². The van der Waals surface area contributed by atoms with E-state index in [-0.39, 0.29) is 0 Å². The van der Waals surface area contributed by atoms with E-state index in [1.165, 1.54) is 0 Å². The highest BCUT2D eigenvalue weighted by Gasteiger charge is 2.00. The van der Waals surface area contributed by atoms with E-state index in [0.717, 1.165) is 36.5 Å². The van der Waals surface area contributed by atoms with Gasteiger partial charge in [0.1, 0.15) is 0 Å². The molecule has 5 heteroatoms. The number of para-hydroxylation sites is 2. The lowest BCUT2D eigenvalue weighted by molar-refractivity contribution is 0.591. The van der Waals surface area contributed by atoms with Crippen LogP contribution >= 0.6 is 0 Å². The van der Waals surface area contributed by atoms with Gasteiger partial charge in [-0.2, -0.15) is 5.10 Å². The minimum atomic E-state index is 0.830. The molecule has 3 aromatic rings. The van der Waals surface area contributed by atoms with E-state index >= 15 is 0 Å². The zero-order valence-corrected chi connectivity index (χ0v) is 10.0. The summed E-state index contributed by atoms with van der Waals surface area (Å²) < 4.78 is 1.93. The van der Waals surface area contributed by atoms with E-state index in [0.29, 0.717) is 0 Å². The van der Waals surface area contributed by atoms with Crippen molar-refractivity contribution >= 4 is 17.0 Å². The van der Waals surface area contributed by atoms with Crippen LogP contribution in [0.25, 0.3) is 11.0 Å². The first-order chi connectivity index (χ1) is 8.92. The standard InChI is InChI=1S/C13H15N5/c1-2-6-12-11(5-1)16-13(17-12)14-7-3-9-18-10-4-8-15-18/h1-2,4-6,8,10H,3,7,9H2,(H2,14,16,17). The summed E-state index contributed by atoms with van der Waals surface area (Å²) in [6, 6.07) is 9.96. The molecular weight excluding hydrogens is 226 g/mol. The summed E-state index contributed by atoms with van der Waals surface area (Å²) in [7, 11) is 0. The van der Waals surface area contributed by atoms with Gasteiger partial charge in [-0.15, -0.1) is 0 Å². The minimum Gasteiger partial charge on any atom is -0.356 e. The number of hydrogen-bond acceptors (Lipinski definition) is 3. The number of benzene rings is 1. The molecule has 0 aliphatic rings. The van der Waals surface area contributed by atoms with E-state index in [1.807, 2.05) is 41.2 Å². The molecule has 0 unspecified atom stereocenters. The van der Waals surface area contributed by atoms with E-state index in [9.17, 15) is 0 Å². The number of nitrogens with one attached hydrogen (secondary N) is 2. The Morgan fingerprint density at radius 3 is 3.00 bits per heavy atom. The summed E-state index contributed by atoms with van der Waals surface area (Å²) in [5.74, 6) is 0.830. The van der Waals surface area contributed by atoms with Crippen molar-refractivity contribution in [1.29, 1.82) is 0 Å². The van der Waals surface area contributed by atoms with Crippen LogP contribution in [0, 0.1) is 0 Å². The van der Waals surface area contributed by atoms with Crippen molar-refractivity contribution < 1.29 is 0 Å². The number of anilines is 1. The number of rotatable bonds is 5. The normalized spacial score (nSPS) is 10.9. The third kappa shape index (κ3) is 2.34. The number of fused-ring (bicyclic) bond motifs is 1. The number of aryl methyl sites for hydroxylation is 1. The highest BCUT2D eigenvalue weighted by atomic mass is 15.3. The molecule has 18 heavy (non-hydrogen) atoms. The fraction of sp³-hybridized carbons (Fsp3) is 0.231. The number of aromatic amines is 1. The van der Waals surface area contributed by atoms with Gasteiger partial charge >= 0.3 is 0 Å². The van der Waals surface area contributed by atoms with E-state index in [1.54, 1.807) is 6.20 Å². The summed E-state index contributed by atoms with van der Waals surface area (Å²) >= 11 is 0. The molecule has 2 heterocycles. The first-order valence-corrected chi connectivity index (χ1v) is 6.08. The molecule has 0 atom stereocenters. The Morgan fingerprint density at radius 1 is 1.22 bits per heavy atom. The number of hydrogen-bond donors (Lipinski definition) is 2. The molecule has 0 saturated heterocycles. The summed E-state index contributed by atoms with van der Waals surface area (Å²) in [5, 5.41) is 7.45. The van der Waals surface area contributed by atoms with E-state index < -0.39 is 0 Å². The molecule has 0 bridgehead atoms. The summed E-state index contributed by atoms with van der Waals surface area (Å²) in [6.07, 6.45) is 4.78. The second kappa shape index (κ2) is 4.91. The molecule has 0 amide bonds. The average molecular weight is 241 g/mol. The molecular formula is C13H15N5. The second-order valence-corrected chi connectivity index (χ2v) is 4.15. The van der Waals surface area contributed by atoms with Crippen molar-refractivity contribution in [3.63, 3.8) is 0 Å². The number of aromatic nitrogens is 4. The van der Waals surface area contributed by atoms with Crippen molar-refractivity contribution in [2.24, 2.45) is 0 Å². The van der Waals surface area contributed by atoms with Crippen LogP contribution < -0.4 is 5.32 Å². The number of H-pyrrole nitrogens is 1. The van der Waals surface area contributed by atoms with E-state index in [2.05, 4.69) is 20.4 Å². The molecule has 0 aliphatic heterocycles. The zero-order valence-electron chi connectivity index (χ0n) is 10.0. The van der Waals surface area contributed by atoms with Crippen LogP contribution in [0.1, 0.15) is 6.42 Å². The highest BCUT2D eigenvalue weighted by Crippen LogP contribution is 2.12.